The van der Waals surface area contributed by atoms with Crippen molar-refractivity contribution in [3.63, 3.8) is 0 Å². The van der Waals surface area contributed by atoms with E-state index in [9.17, 15) is 4.79 Å². The van der Waals surface area contributed by atoms with Crippen LogP contribution in [0.3, 0.4) is 0 Å². The molecular formula is C14H21NO3. The van der Waals surface area contributed by atoms with E-state index in [2.05, 4.69) is 0 Å². The van der Waals surface area contributed by atoms with E-state index < -0.39 is 5.60 Å². The van der Waals surface area contributed by atoms with Gasteiger partial charge in [-0.15, -0.1) is 0 Å². The number of carbonyl (C=O) groups is 1. The molecule has 0 spiro atoms. The van der Waals surface area contributed by atoms with Crippen molar-refractivity contribution in [2.24, 2.45) is 0 Å². The normalized spacial score (nSPS) is 11.1. The maximum Gasteiger partial charge on any atom is 0.349 e. The van der Waals surface area contributed by atoms with Crippen LogP contribution in [0.1, 0.15) is 33.3 Å². The summed E-state index contributed by atoms with van der Waals surface area (Å²) in [4.78, 5) is 11.7. The maximum absolute atomic E-state index is 11.7. The summed E-state index contributed by atoms with van der Waals surface area (Å²) in [6.07, 6.45) is 0.822. The molecule has 0 aliphatic heterocycles. The summed E-state index contributed by atoms with van der Waals surface area (Å²) in [6.45, 7) is 7.51. The highest BCUT2D eigenvalue weighted by Gasteiger charge is 2.31. The molecule has 4 nitrogen and oxygen atoms in total. The first-order chi connectivity index (χ1) is 8.40. The first-order valence-corrected chi connectivity index (χ1v) is 6.15. The van der Waals surface area contributed by atoms with Crippen LogP contribution in [0.15, 0.2) is 18.2 Å². The summed E-state index contributed by atoms with van der Waals surface area (Å²) in [7, 11) is 0. The van der Waals surface area contributed by atoms with Crippen LogP contribution < -0.4 is 10.5 Å². The van der Waals surface area contributed by atoms with Crippen molar-refractivity contribution >= 4 is 11.7 Å². The molecule has 100 valence electrons. The van der Waals surface area contributed by atoms with Gasteiger partial charge in [0, 0.05) is 5.69 Å². The third-order valence-electron chi connectivity index (χ3n) is 2.64. The monoisotopic (exact) mass is 251 g/mol. The van der Waals surface area contributed by atoms with E-state index in [0.29, 0.717) is 12.4 Å². The number of rotatable bonds is 5. The van der Waals surface area contributed by atoms with Gasteiger partial charge in [0.1, 0.15) is 5.75 Å². The van der Waals surface area contributed by atoms with Gasteiger partial charge in [0.25, 0.3) is 0 Å². The van der Waals surface area contributed by atoms with Gasteiger partial charge in [0.05, 0.1) is 6.61 Å². The minimum atomic E-state index is -1.00. The lowest BCUT2D eigenvalue weighted by Gasteiger charge is -2.24. The SMILES string of the molecule is CCOC(=O)C(C)(C)Oc1ccc(N)c(CC)c1. The molecule has 0 bridgehead atoms. The Morgan fingerprint density at radius 3 is 2.56 bits per heavy atom. The Morgan fingerprint density at radius 1 is 1.33 bits per heavy atom. The van der Waals surface area contributed by atoms with Crippen LogP contribution in [0.5, 0.6) is 5.75 Å². The van der Waals surface area contributed by atoms with Crippen LogP contribution >= 0.6 is 0 Å². The lowest BCUT2D eigenvalue weighted by atomic mass is 10.1. The minimum absolute atomic E-state index is 0.341. The molecular weight excluding hydrogens is 230 g/mol. The minimum Gasteiger partial charge on any atom is -0.476 e. The molecule has 0 radical (unpaired) electrons. The summed E-state index contributed by atoms with van der Waals surface area (Å²) in [5.41, 5.74) is 6.56. The molecule has 0 amide bonds. The number of anilines is 1. The van der Waals surface area contributed by atoms with E-state index in [4.69, 9.17) is 15.2 Å². The lowest BCUT2D eigenvalue weighted by molar-refractivity contribution is -0.158. The van der Waals surface area contributed by atoms with Crippen molar-refractivity contribution in [2.75, 3.05) is 12.3 Å². The maximum atomic E-state index is 11.7. The number of benzene rings is 1. The summed E-state index contributed by atoms with van der Waals surface area (Å²) in [5, 5.41) is 0. The van der Waals surface area contributed by atoms with Crippen molar-refractivity contribution in [2.45, 2.75) is 39.7 Å². The molecule has 0 unspecified atom stereocenters. The van der Waals surface area contributed by atoms with Gasteiger partial charge in [-0.05, 0) is 51.0 Å². The molecule has 18 heavy (non-hydrogen) atoms. The molecule has 1 aromatic carbocycles. The number of hydrogen-bond donors (Lipinski definition) is 1. The number of carbonyl (C=O) groups excluding carboxylic acids is 1. The van der Waals surface area contributed by atoms with E-state index in [1.807, 2.05) is 13.0 Å². The predicted molar refractivity (Wildman–Crippen MR) is 71.6 cm³/mol. The second-order valence-corrected chi connectivity index (χ2v) is 4.55. The Hall–Kier alpha value is -1.71. The Balaban J connectivity index is 2.86. The number of esters is 1. The standard InChI is InChI=1S/C14H21NO3/c1-5-10-9-11(7-8-12(10)15)18-14(3,4)13(16)17-6-2/h7-9H,5-6,15H2,1-4H3. The third kappa shape index (κ3) is 3.39. The van der Waals surface area contributed by atoms with E-state index in [0.717, 1.165) is 17.7 Å². The number of nitrogens with two attached hydrogens (primary N) is 1. The average Bonchev–Trinajstić information content (AvgIpc) is 2.31. The van der Waals surface area contributed by atoms with Gasteiger partial charge in [-0.1, -0.05) is 6.92 Å². The topological polar surface area (TPSA) is 61.5 Å². The highest BCUT2D eigenvalue weighted by atomic mass is 16.6. The molecule has 0 heterocycles. The predicted octanol–water partition coefficient (Wildman–Crippen LogP) is 2.55. The van der Waals surface area contributed by atoms with Crippen LogP contribution in [-0.4, -0.2) is 18.2 Å². The van der Waals surface area contributed by atoms with E-state index >= 15 is 0 Å². The zero-order valence-electron chi connectivity index (χ0n) is 11.4. The van der Waals surface area contributed by atoms with Gasteiger partial charge in [-0.25, -0.2) is 4.79 Å². The summed E-state index contributed by atoms with van der Waals surface area (Å²) in [6, 6.07) is 5.40. The van der Waals surface area contributed by atoms with Gasteiger partial charge in [-0.3, -0.25) is 0 Å². The molecule has 1 aromatic rings. The summed E-state index contributed by atoms with van der Waals surface area (Å²) in [5.74, 6) is 0.249. The zero-order chi connectivity index (χ0) is 13.8. The van der Waals surface area contributed by atoms with Crippen LogP contribution in [0.2, 0.25) is 0 Å². The number of ether oxygens (including phenoxy) is 2. The number of aryl methyl sites for hydroxylation is 1. The van der Waals surface area contributed by atoms with E-state index in [-0.39, 0.29) is 5.97 Å². The van der Waals surface area contributed by atoms with E-state index in [1.54, 1.807) is 32.9 Å². The van der Waals surface area contributed by atoms with Gasteiger partial charge < -0.3 is 15.2 Å². The number of hydrogen-bond acceptors (Lipinski definition) is 4. The van der Waals surface area contributed by atoms with Gasteiger partial charge in [0.15, 0.2) is 5.60 Å². The lowest BCUT2D eigenvalue weighted by Crippen LogP contribution is -2.39. The summed E-state index contributed by atoms with van der Waals surface area (Å²) < 4.78 is 10.7. The average molecular weight is 251 g/mol. The largest absolute Gasteiger partial charge is 0.476 e. The van der Waals surface area contributed by atoms with Crippen molar-refractivity contribution in [3.05, 3.63) is 23.8 Å². The smallest absolute Gasteiger partial charge is 0.349 e. The van der Waals surface area contributed by atoms with Crippen molar-refractivity contribution in [3.8, 4) is 5.75 Å². The molecule has 0 fully saturated rings. The summed E-state index contributed by atoms with van der Waals surface area (Å²) >= 11 is 0. The molecule has 1 rings (SSSR count). The van der Waals surface area contributed by atoms with Crippen molar-refractivity contribution in [1.29, 1.82) is 0 Å². The van der Waals surface area contributed by atoms with Crippen molar-refractivity contribution in [1.82, 2.24) is 0 Å². The fourth-order valence-electron chi connectivity index (χ4n) is 1.59. The van der Waals surface area contributed by atoms with Crippen molar-refractivity contribution < 1.29 is 14.3 Å². The first kappa shape index (κ1) is 14.4. The second-order valence-electron chi connectivity index (χ2n) is 4.55. The molecule has 0 aliphatic carbocycles. The number of nitrogen functional groups attached to an aromatic ring is 1. The van der Waals surface area contributed by atoms with Gasteiger partial charge >= 0.3 is 5.97 Å². The Kier molecular flexibility index (Phi) is 4.59. The van der Waals surface area contributed by atoms with Crippen LogP contribution in [0.25, 0.3) is 0 Å². The fraction of sp³-hybridized carbons (Fsp3) is 0.500. The van der Waals surface area contributed by atoms with Crippen LogP contribution in [0, 0.1) is 0 Å². The molecule has 2 N–H and O–H groups in total. The molecule has 0 saturated heterocycles. The molecule has 0 aromatic heterocycles. The molecule has 4 heteroatoms. The fourth-order valence-corrected chi connectivity index (χ4v) is 1.59. The second kappa shape index (κ2) is 5.76. The Bertz CT molecular complexity index is 427. The zero-order valence-corrected chi connectivity index (χ0v) is 11.4. The molecule has 0 atom stereocenters. The first-order valence-electron chi connectivity index (χ1n) is 6.15. The third-order valence-corrected chi connectivity index (χ3v) is 2.64. The Morgan fingerprint density at radius 2 is 2.00 bits per heavy atom. The van der Waals surface area contributed by atoms with E-state index in [1.165, 1.54) is 0 Å². The highest BCUT2D eigenvalue weighted by Crippen LogP contribution is 2.24. The Labute approximate surface area is 108 Å². The van der Waals surface area contributed by atoms with Gasteiger partial charge in [-0.2, -0.15) is 0 Å². The quantitative estimate of drug-likeness (QED) is 0.645. The highest BCUT2D eigenvalue weighted by molar-refractivity contribution is 5.79. The molecule has 0 saturated carbocycles. The van der Waals surface area contributed by atoms with Crippen LogP contribution in [-0.2, 0) is 16.0 Å². The molecule has 0 aliphatic rings. The van der Waals surface area contributed by atoms with Crippen LogP contribution in [0.4, 0.5) is 5.69 Å². The van der Waals surface area contributed by atoms with Gasteiger partial charge in [0.2, 0.25) is 0 Å².